The van der Waals surface area contributed by atoms with Crippen LogP contribution < -0.4 is 0 Å². The van der Waals surface area contributed by atoms with Gasteiger partial charge in [0.2, 0.25) is 5.89 Å². The van der Waals surface area contributed by atoms with E-state index in [9.17, 15) is 0 Å². The second-order valence-corrected chi connectivity index (χ2v) is 4.83. The van der Waals surface area contributed by atoms with Gasteiger partial charge in [0.25, 0.3) is 0 Å². The number of aryl methyl sites for hydroxylation is 1. The van der Waals surface area contributed by atoms with E-state index in [0.29, 0.717) is 18.7 Å². The van der Waals surface area contributed by atoms with Crippen LogP contribution in [0.1, 0.15) is 50.4 Å². The summed E-state index contributed by atoms with van der Waals surface area (Å²) in [7, 11) is 0. The second kappa shape index (κ2) is 6.33. The van der Waals surface area contributed by atoms with Crippen molar-refractivity contribution in [1.29, 1.82) is 5.26 Å². The van der Waals surface area contributed by atoms with E-state index in [4.69, 9.17) is 9.78 Å². The molecule has 0 amide bonds. The largest absolute Gasteiger partial charge is 0.339 e. The SMILES string of the molecule is CCC(CC)(c1ccccc1)c1noc(CCC#N)n1. The zero-order chi connectivity index (χ0) is 14.4. The minimum atomic E-state index is -0.213. The first-order valence-electron chi connectivity index (χ1n) is 7.02. The average Bonchev–Trinajstić information content (AvgIpc) is 2.97. The van der Waals surface area contributed by atoms with Crippen LogP contribution in [-0.4, -0.2) is 10.1 Å². The van der Waals surface area contributed by atoms with E-state index in [-0.39, 0.29) is 5.41 Å². The van der Waals surface area contributed by atoms with E-state index >= 15 is 0 Å². The van der Waals surface area contributed by atoms with Gasteiger partial charge in [0, 0.05) is 12.8 Å². The lowest BCUT2D eigenvalue weighted by Gasteiger charge is -2.28. The summed E-state index contributed by atoms with van der Waals surface area (Å²) in [5.74, 6) is 1.27. The van der Waals surface area contributed by atoms with Gasteiger partial charge >= 0.3 is 0 Å². The summed E-state index contributed by atoms with van der Waals surface area (Å²) >= 11 is 0. The van der Waals surface area contributed by atoms with Crippen LogP contribution in [0.3, 0.4) is 0 Å². The van der Waals surface area contributed by atoms with Crippen molar-refractivity contribution in [3.05, 3.63) is 47.6 Å². The van der Waals surface area contributed by atoms with Crippen molar-refractivity contribution in [2.75, 3.05) is 0 Å². The standard InChI is InChI=1S/C16H19N3O/c1-3-16(4-2,13-9-6-5-7-10-13)15-18-14(20-19-15)11-8-12-17/h5-7,9-10H,3-4,8,11H2,1-2H3. The Hall–Kier alpha value is -2.15. The van der Waals surface area contributed by atoms with Crippen molar-refractivity contribution in [2.24, 2.45) is 0 Å². The minimum absolute atomic E-state index is 0.213. The first kappa shape index (κ1) is 14.3. The van der Waals surface area contributed by atoms with Gasteiger partial charge in [-0.25, -0.2) is 0 Å². The third-order valence-electron chi connectivity index (χ3n) is 3.88. The Kier molecular flexibility index (Phi) is 4.52. The maximum absolute atomic E-state index is 8.62. The van der Waals surface area contributed by atoms with Crippen molar-refractivity contribution in [3.63, 3.8) is 0 Å². The molecule has 4 heteroatoms. The van der Waals surface area contributed by atoms with Crippen LogP contribution in [0.5, 0.6) is 0 Å². The Morgan fingerprint density at radius 2 is 1.90 bits per heavy atom. The van der Waals surface area contributed by atoms with Crippen molar-refractivity contribution < 1.29 is 4.52 Å². The highest BCUT2D eigenvalue weighted by Gasteiger charge is 2.35. The highest BCUT2D eigenvalue weighted by molar-refractivity contribution is 5.32. The first-order valence-corrected chi connectivity index (χ1v) is 7.02. The van der Waals surface area contributed by atoms with Crippen LogP contribution in [0, 0.1) is 11.3 Å². The molecule has 1 heterocycles. The molecule has 0 aliphatic carbocycles. The van der Waals surface area contributed by atoms with Crippen LogP contribution in [0.4, 0.5) is 0 Å². The normalized spacial score (nSPS) is 11.2. The molecule has 0 saturated heterocycles. The molecular formula is C16H19N3O. The van der Waals surface area contributed by atoms with E-state index in [1.807, 2.05) is 18.2 Å². The predicted molar refractivity (Wildman–Crippen MR) is 76.0 cm³/mol. The molecule has 2 aromatic rings. The molecule has 4 nitrogen and oxygen atoms in total. The molecule has 0 saturated carbocycles. The van der Waals surface area contributed by atoms with Gasteiger partial charge in [-0.3, -0.25) is 0 Å². The molecule has 0 fully saturated rings. The van der Waals surface area contributed by atoms with Gasteiger partial charge in [-0.2, -0.15) is 10.2 Å². The molecule has 20 heavy (non-hydrogen) atoms. The lowest BCUT2D eigenvalue weighted by molar-refractivity contribution is 0.354. The summed E-state index contributed by atoms with van der Waals surface area (Å²) in [5, 5.41) is 12.8. The molecule has 0 atom stereocenters. The van der Waals surface area contributed by atoms with Crippen LogP contribution in [0.15, 0.2) is 34.9 Å². The Balaban J connectivity index is 2.38. The molecule has 0 N–H and O–H groups in total. The molecule has 1 aromatic heterocycles. The van der Waals surface area contributed by atoms with Crippen LogP contribution in [-0.2, 0) is 11.8 Å². The van der Waals surface area contributed by atoms with E-state index in [0.717, 1.165) is 18.7 Å². The van der Waals surface area contributed by atoms with Crippen molar-refractivity contribution in [1.82, 2.24) is 10.1 Å². The van der Waals surface area contributed by atoms with Gasteiger partial charge in [-0.15, -0.1) is 0 Å². The van der Waals surface area contributed by atoms with Crippen molar-refractivity contribution >= 4 is 0 Å². The van der Waals surface area contributed by atoms with Gasteiger partial charge in [0.1, 0.15) is 0 Å². The lowest BCUT2D eigenvalue weighted by Crippen LogP contribution is -2.27. The molecule has 0 radical (unpaired) electrons. The van der Waals surface area contributed by atoms with Crippen LogP contribution >= 0.6 is 0 Å². The Bertz CT molecular complexity index is 579. The Morgan fingerprint density at radius 3 is 2.50 bits per heavy atom. The maximum Gasteiger partial charge on any atom is 0.227 e. The summed E-state index contributed by atoms with van der Waals surface area (Å²) in [5.41, 5.74) is 0.993. The molecule has 2 rings (SSSR count). The number of hydrogen-bond acceptors (Lipinski definition) is 4. The van der Waals surface area contributed by atoms with Crippen molar-refractivity contribution in [2.45, 2.75) is 44.9 Å². The summed E-state index contributed by atoms with van der Waals surface area (Å²) in [6.45, 7) is 4.28. The highest BCUT2D eigenvalue weighted by atomic mass is 16.5. The monoisotopic (exact) mass is 269 g/mol. The van der Waals surface area contributed by atoms with Crippen LogP contribution in [0.2, 0.25) is 0 Å². The Labute approximate surface area is 119 Å². The van der Waals surface area contributed by atoms with E-state index in [1.165, 1.54) is 5.56 Å². The summed E-state index contributed by atoms with van der Waals surface area (Å²) < 4.78 is 5.29. The number of rotatable bonds is 6. The summed E-state index contributed by atoms with van der Waals surface area (Å²) in [6, 6.07) is 12.4. The third kappa shape index (κ3) is 2.57. The van der Waals surface area contributed by atoms with E-state index in [2.05, 4.69) is 42.2 Å². The number of nitriles is 1. The molecular weight excluding hydrogens is 250 g/mol. The smallest absolute Gasteiger partial charge is 0.227 e. The molecule has 1 aromatic carbocycles. The number of benzene rings is 1. The molecule has 0 spiro atoms. The highest BCUT2D eigenvalue weighted by Crippen LogP contribution is 2.36. The lowest BCUT2D eigenvalue weighted by atomic mass is 9.75. The number of nitrogens with zero attached hydrogens (tertiary/aromatic N) is 3. The predicted octanol–water partition coefficient (Wildman–Crippen LogP) is 3.63. The zero-order valence-corrected chi connectivity index (χ0v) is 12.0. The Morgan fingerprint density at radius 1 is 1.20 bits per heavy atom. The number of hydrogen-bond donors (Lipinski definition) is 0. The molecule has 0 unspecified atom stereocenters. The van der Waals surface area contributed by atoms with Gasteiger partial charge < -0.3 is 4.52 Å². The van der Waals surface area contributed by atoms with Crippen molar-refractivity contribution in [3.8, 4) is 6.07 Å². The average molecular weight is 269 g/mol. The zero-order valence-electron chi connectivity index (χ0n) is 12.0. The van der Waals surface area contributed by atoms with E-state index in [1.54, 1.807) is 0 Å². The molecule has 0 aliphatic rings. The molecule has 0 aliphatic heterocycles. The summed E-state index contributed by atoms with van der Waals surface area (Å²) in [6.07, 6.45) is 2.73. The minimum Gasteiger partial charge on any atom is -0.339 e. The molecule has 104 valence electrons. The maximum atomic E-state index is 8.62. The topological polar surface area (TPSA) is 62.7 Å². The molecule has 0 bridgehead atoms. The summed E-state index contributed by atoms with van der Waals surface area (Å²) in [4.78, 5) is 4.51. The first-order chi connectivity index (χ1) is 9.76. The van der Waals surface area contributed by atoms with Gasteiger partial charge in [-0.05, 0) is 18.4 Å². The fourth-order valence-electron chi connectivity index (χ4n) is 2.57. The quantitative estimate of drug-likeness (QED) is 0.803. The van der Waals surface area contributed by atoms with E-state index < -0.39 is 0 Å². The van der Waals surface area contributed by atoms with Crippen LogP contribution in [0.25, 0.3) is 0 Å². The number of aromatic nitrogens is 2. The van der Waals surface area contributed by atoms with Gasteiger partial charge in [-0.1, -0.05) is 49.3 Å². The van der Waals surface area contributed by atoms with Gasteiger partial charge in [0.15, 0.2) is 5.82 Å². The second-order valence-electron chi connectivity index (χ2n) is 4.83. The van der Waals surface area contributed by atoms with Gasteiger partial charge in [0.05, 0.1) is 11.5 Å². The fraction of sp³-hybridized carbons (Fsp3) is 0.438. The third-order valence-corrected chi connectivity index (χ3v) is 3.88. The fourth-order valence-corrected chi connectivity index (χ4v) is 2.57.